The summed E-state index contributed by atoms with van der Waals surface area (Å²) in [5.41, 5.74) is 1.33. The van der Waals surface area contributed by atoms with Gasteiger partial charge in [-0.25, -0.2) is 4.98 Å². The monoisotopic (exact) mass is 320 g/mol. The predicted molar refractivity (Wildman–Crippen MR) is 86.1 cm³/mol. The first-order valence-corrected chi connectivity index (χ1v) is 8.27. The number of nitrogens with one attached hydrogen (secondary N) is 1. The number of nitrogens with zero attached hydrogens (tertiary/aromatic N) is 1. The van der Waals surface area contributed by atoms with E-state index in [0.717, 1.165) is 11.3 Å². The number of aryl methyl sites for hydroxylation is 2. The first-order chi connectivity index (χ1) is 10.5. The maximum Gasteiger partial charge on any atom is 0.254 e. The molecular weight excluding hydrogens is 300 g/mol. The van der Waals surface area contributed by atoms with E-state index in [9.17, 15) is 9.90 Å². The van der Waals surface area contributed by atoms with Crippen molar-refractivity contribution in [2.45, 2.75) is 31.4 Å². The molecule has 0 saturated carbocycles. The Hall–Kier alpha value is -1.79. The van der Waals surface area contributed by atoms with Gasteiger partial charge in [-0.05, 0) is 44.7 Å². The van der Waals surface area contributed by atoms with Gasteiger partial charge in [0.2, 0.25) is 0 Å². The van der Waals surface area contributed by atoms with Crippen LogP contribution in [0.3, 0.4) is 0 Å². The largest absolute Gasteiger partial charge is 0.466 e. The zero-order chi connectivity index (χ0) is 16.1. The number of pyridine rings is 1. The molecule has 22 heavy (non-hydrogen) atoms. The minimum absolute atomic E-state index is 0.176. The predicted octanol–water partition coefficient (Wildman–Crippen LogP) is 2.87. The molecule has 0 saturated heterocycles. The standard InChI is InChI=1S/C16H20N2O3S/c1-10-9-13(11(2)21-10)14(19)6-8-17-15(20)12-5-4-7-18-16(12)22-3/h4-5,7,9,14,19H,6,8H2,1-3H3,(H,17,20)/t14-/m0/s1. The number of carbonyl (C=O) groups excluding carboxylic acids is 1. The molecule has 1 atom stereocenters. The highest BCUT2D eigenvalue weighted by Crippen LogP contribution is 2.23. The van der Waals surface area contributed by atoms with E-state index in [-0.39, 0.29) is 5.91 Å². The van der Waals surface area contributed by atoms with E-state index in [1.54, 1.807) is 18.3 Å². The number of hydrogen-bond donors (Lipinski definition) is 2. The van der Waals surface area contributed by atoms with Crippen LogP contribution in [0.25, 0.3) is 0 Å². The molecule has 2 N–H and O–H groups in total. The zero-order valence-corrected chi connectivity index (χ0v) is 13.7. The smallest absolute Gasteiger partial charge is 0.254 e. The van der Waals surface area contributed by atoms with Gasteiger partial charge in [0.15, 0.2) is 0 Å². The molecule has 6 heteroatoms. The SMILES string of the molecule is CSc1ncccc1C(=O)NCC[C@H](O)c1cc(C)oc1C. The molecule has 0 unspecified atom stereocenters. The minimum atomic E-state index is -0.647. The van der Waals surface area contributed by atoms with Crippen LogP contribution in [0.15, 0.2) is 33.8 Å². The third kappa shape index (κ3) is 3.90. The number of carbonyl (C=O) groups is 1. The summed E-state index contributed by atoms with van der Waals surface area (Å²) >= 11 is 1.43. The van der Waals surface area contributed by atoms with Crippen molar-refractivity contribution >= 4 is 17.7 Å². The summed E-state index contributed by atoms with van der Waals surface area (Å²) in [5.74, 6) is 1.31. The normalized spacial score (nSPS) is 12.2. The van der Waals surface area contributed by atoms with E-state index in [1.165, 1.54) is 11.8 Å². The van der Waals surface area contributed by atoms with E-state index in [4.69, 9.17) is 4.42 Å². The number of amides is 1. The summed E-state index contributed by atoms with van der Waals surface area (Å²) in [6.45, 7) is 4.05. The summed E-state index contributed by atoms with van der Waals surface area (Å²) in [6.07, 6.45) is 3.33. The van der Waals surface area contributed by atoms with Gasteiger partial charge in [0.05, 0.1) is 11.7 Å². The molecule has 2 rings (SSSR count). The van der Waals surface area contributed by atoms with Crippen molar-refractivity contribution in [2.75, 3.05) is 12.8 Å². The van der Waals surface area contributed by atoms with Crippen molar-refractivity contribution < 1.29 is 14.3 Å². The molecule has 0 bridgehead atoms. The van der Waals surface area contributed by atoms with E-state index in [2.05, 4.69) is 10.3 Å². The van der Waals surface area contributed by atoms with Gasteiger partial charge >= 0.3 is 0 Å². The Morgan fingerprint density at radius 2 is 2.27 bits per heavy atom. The number of aliphatic hydroxyl groups excluding tert-OH is 1. The van der Waals surface area contributed by atoms with Crippen LogP contribution < -0.4 is 5.32 Å². The molecule has 1 amide bonds. The molecule has 0 spiro atoms. The Labute approximate surface area is 134 Å². The number of hydrogen-bond acceptors (Lipinski definition) is 5. The Balaban J connectivity index is 1.90. The summed E-state index contributed by atoms with van der Waals surface area (Å²) < 4.78 is 5.40. The Morgan fingerprint density at radius 1 is 1.50 bits per heavy atom. The maximum absolute atomic E-state index is 12.1. The lowest BCUT2D eigenvalue weighted by atomic mass is 10.1. The lowest BCUT2D eigenvalue weighted by molar-refractivity contribution is 0.0939. The fourth-order valence-corrected chi connectivity index (χ4v) is 2.83. The average molecular weight is 320 g/mol. The molecule has 0 aliphatic rings. The Kier molecular flexibility index (Phi) is 5.63. The van der Waals surface area contributed by atoms with Crippen LogP contribution in [0.1, 0.15) is 40.0 Å². The lowest BCUT2D eigenvalue weighted by Crippen LogP contribution is -2.26. The highest BCUT2D eigenvalue weighted by Gasteiger charge is 2.16. The van der Waals surface area contributed by atoms with Crippen LogP contribution >= 0.6 is 11.8 Å². The van der Waals surface area contributed by atoms with Crippen molar-refractivity contribution in [3.05, 3.63) is 47.0 Å². The molecule has 0 aliphatic carbocycles. The van der Waals surface area contributed by atoms with E-state index in [0.29, 0.717) is 29.3 Å². The number of furan rings is 1. The van der Waals surface area contributed by atoms with Gasteiger partial charge in [-0.3, -0.25) is 4.79 Å². The van der Waals surface area contributed by atoms with Crippen LogP contribution in [0.5, 0.6) is 0 Å². The molecule has 2 aromatic heterocycles. The molecule has 0 aliphatic heterocycles. The quantitative estimate of drug-likeness (QED) is 0.801. The van der Waals surface area contributed by atoms with Gasteiger partial charge in [-0.15, -0.1) is 11.8 Å². The van der Waals surface area contributed by atoms with Gasteiger partial charge in [-0.2, -0.15) is 0 Å². The fraction of sp³-hybridized carbons (Fsp3) is 0.375. The molecule has 2 aromatic rings. The molecule has 0 aromatic carbocycles. The van der Waals surface area contributed by atoms with Crippen molar-refractivity contribution in [1.29, 1.82) is 0 Å². The Morgan fingerprint density at radius 3 is 2.91 bits per heavy atom. The number of aliphatic hydroxyl groups is 1. The van der Waals surface area contributed by atoms with Crippen molar-refractivity contribution in [2.24, 2.45) is 0 Å². The highest BCUT2D eigenvalue weighted by molar-refractivity contribution is 7.98. The molecule has 0 radical (unpaired) electrons. The summed E-state index contributed by atoms with van der Waals surface area (Å²) in [4.78, 5) is 16.3. The summed E-state index contributed by atoms with van der Waals surface area (Å²) in [6, 6.07) is 5.31. The molecule has 2 heterocycles. The van der Waals surface area contributed by atoms with Crippen molar-refractivity contribution in [3.8, 4) is 0 Å². The highest BCUT2D eigenvalue weighted by atomic mass is 32.2. The third-order valence-corrected chi connectivity index (χ3v) is 4.06. The first kappa shape index (κ1) is 16.6. The Bertz CT molecular complexity index is 655. The van der Waals surface area contributed by atoms with Crippen LogP contribution in [0.4, 0.5) is 0 Å². The second-order valence-electron chi connectivity index (χ2n) is 4.99. The zero-order valence-electron chi connectivity index (χ0n) is 12.9. The summed E-state index contributed by atoms with van der Waals surface area (Å²) in [5, 5.41) is 13.7. The second-order valence-corrected chi connectivity index (χ2v) is 5.78. The van der Waals surface area contributed by atoms with Gasteiger partial charge in [0, 0.05) is 18.3 Å². The van der Waals surface area contributed by atoms with Gasteiger partial charge in [0.25, 0.3) is 5.91 Å². The number of thioether (sulfide) groups is 1. The van der Waals surface area contributed by atoms with E-state index in [1.807, 2.05) is 26.2 Å². The van der Waals surface area contributed by atoms with Crippen molar-refractivity contribution in [1.82, 2.24) is 10.3 Å². The molecule has 0 fully saturated rings. The maximum atomic E-state index is 12.1. The number of rotatable bonds is 6. The average Bonchev–Trinajstić information content (AvgIpc) is 2.85. The van der Waals surface area contributed by atoms with Crippen LogP contribution in [-0.4, -0.2) is 28.8 Å². The molecule has 5 nitrogen and oxygen atoms in total. The minimum Gasteiger partial charge on any atom is -0.466 e. The van der Waals surface area contributed by atoms with Gasteiger partial charge < -0.3 is 14.8 Å². The van der Waals surface area contributed by atoms with E-state index >= 15 is 0 Å². The topological polar surface area (TPSA) is 75.4 Å². The van der Waals surface area contributed by atoms with E-state index < -0.39 is 6.10 Å². The third-order valence-electron chi connectivity index (χ3n) is 3.35. The molecular formula is C16H20N2O3S. The van der Waals surface area contributed by atoms with Gasteiger partial charge in [-0.1, -0.05) is 0 Å². The van der Waals surface area contributed by atoms with Crippen LogP contribution in [0, 0.1) is 13.8 Å². The van der Waals surface area contributed by atoms with Crippen molar-refractivity contribution in [3.63, 3.8) is 0 Å². The molecule has 118 valence electrons. The summed E-state index contributed by atoms with van der Waals surface area (Å²) in [7, 11) is 0. The van der Waals surface area contributed by atoms with Gasteiger partial charge in [0.1, 0.15) is 16.5 Å². The van der Waals surface area contributed by atoms with Crippen LogP contribution in [-0.2, 0) is 0 Å². The number of aromatic nitrogens is 1. The second kappa shape index (κ2) is 7.47. The lowest BCUT2D eigenvalue weighted by Gasteiger charge is -2.11. The first-order valence-electron chi connectivity index (χ1n) is 7.05. The van der Waals surface area contributed by atoms with Crippen LogP contribution in [0.2, 0.25) is 0 Å². The fourth-order valence-electron chi connectivity index (χ4n) is 2.28.